The number of carbonyl (C=O) groups is 1. The summed E-state index contributed by atoms with van der Waals surface area (Å²) >= 11 is 0. The molecule has 0 spiro atoms. The van der Waals surface area contributed by atoms with E-state index in [1.54, 1.807) is 19.0 Å². The molecule has 160 valence electrons. The van der Waals surface area contributed by atoms with Gasteiger partial charge < -0.3 is 19.0 Å². The third-order valence-electron chi connectivity index (χ3n) is 5.88. The fourth-order valence-electron chi connectivity index (χ4n) is 4.14. The van der Waals surface area contributed by atoms with Crippen molar-refractivity contribution in [1.29, 1.82) is 0 Å². The van der Waals surface area contributed by atoms with Crippen LogP contribution in [0.15, 0.2) is 45.8 Å². The fraction of sp³-hybridized carbons (Fsp3) is 0.478. The minimum atomic E-state index is -0.145. The van der Waals surface area contributed by atoms with Gasteiger partial charge in [0.1, 0.15) is 12.0 Å². The second kappa shape index (κ2) is 8.92. The average Bonchev–Trinajstić information content (AvgIpc) is 3.15. The Hall–Kier alpha value is -2.80. The molecule has 0 aliphatic carbocycles. The van der Waals surface area contributed by atoms with Crippen LogP contribution in [0.4, 0.5) is 4.79 Å². The van der Waals surface area contributed by atoms with Crippen molar-refractivity contribution >= 4 is 6.03 Å². The number of hydrogen-bond acceptors (Lipinski definition) is 5. The van der Waals surface area contributed by atoms with E-state index in [0.717, 1.165) is 39.0 Å². The van der Waals surface area contributed by atoms with Crippen LogP contribution in [0.5, 0.6) is 5.75 Å². The number of amides is 2. The number of urea groups is 1. The molecule has 2 aliphatic rings. The maximum Gasteiger partial charge on any atom is 0.319 e. The van der Waals surface area contributed by atoms with E-state index >= 15 is 0 Å². The molecule has 1 aromatic carbocycles. The number of ether oxygens (including phenoxy) is 1. The highest BCUT2D eigenvalue weighted by Gasteiger charge is 2.24. The molecule has 0 N–H and O–H groups in total. The molecule has 1 aromatic heterocycles. The molecule has 0 unspecified atom stereocenters. The van der Waals surface area contributed by atoms with Crippen LogP contribution in [0, 0.1) is 5.92 Å². The standard InChI is InChI=1S/C23H29N3O4/c1-24(2)23(28)26-9-7-17(8-10-26)15-30-22-16-29-20(11-21(22)27)14-25-12-18-5-3-4-6-19(18)13-25/h3-6,11,16-17H,7-10,12-15H2,1-2H3. The fourth-order valence-corrected chi connectivity index (χ4v) is 4.14. The van der Waals surface area contributed by atoms with Crippen LogP contribution in [0.3, 0.4) is 0 Å². The van der Waals surface area contributed by atoms with Gasteiger partial charge in [0.05, 0.1) is 13.2 Å². The number of nitrogens with zero attached hydrogens (tertiary/aromatic N) is 3. The first-order valence-electron chi connectivity index (χ1n) is 10.5. The van der Waals surface area contributed by atoms with E-state index in [9.17, 15) is 9.59 Å². The summed E-state index contributed by atoms with van der Waals surface area (Å²) in [7, 11) is 3.53. The number of piperidine rings is 1. The van der Waals surface area contributed by atoms with E-state index in [1.165, 1.54) is 23.5 Å². The molecular weight excluding hydrogens is 382 g/mol. The lowest BCUT2D eigenvalue weighted by Gasteiger charge is -2.33. The Morgan fingerprint density at radius 1 is 1.17 bits per heavy atom. The van der Waals surface area contributed by atoms with E-state index < -0.39 is 0 Å². The number of likely N-dealkylation sites (tertiary alicyclic amines) is 1. The summed E-state index contributed by atoms with van der Waals surface area (Å²) < 4.78 is 11.5. The molecule has 0 atom stereocenters. The molecule has 4 rings (SSSR count). The molecular formula is C23H29N3O4. The van der Waals surface area contributed by atoms with Gasteiger partial charge in [-0.05, 0) is 29.9 Å². The lowest BCUT2D eigenvalue weighted by Crippen LogP contribution is -2.44. The molecule has 30 heavy (non-hydrogen) atoms. The first-order valence-corrected chi connectivity index (χ1v) is 10.5. The van der Waals surface area contributed by atoms with Gasteiger partial charge in [0, 0.05) is 46.3 Å². The van der Waals surface area contributed by atoms with Crippen LogP contribution in [0.25, 0.3) is 0 Å². The highest BCUT2D eigenvalue weighted by molar-refractivity contribution is 5.73. The number of hydrogen-bond donors (Lipinski definition) is 0. The summed E-state index contributed by atoms with van der Waals surface area (Å²) in [6.07, 6.45) is 3.18. The monoisotopic (exact) mass is 411 g/mol. The van der Waals surface area contributed by atoms with Crippen molar-refractivity contribution in [2.24, 2.45) is 5.92 Å². The van der Waals surface area contributed by atoms with Crippen molar-refractivity contribution in [2.45, 2.75) is 32.5 Å². The summed E-state index contributed by atoms with van der Waals surface area (Å²) in [5.74, 6) is 1.24. The minimum absolute atomic E-state index is 0.0479. The summed E-state index contributed by atoms with van der Waals surface area (Å²) in [5.41, 5.74) is 2.52. The normalized spacial score (nSPS) is 17.1. The third kappa shape index (κ3) is 4.67. The van der Waals surface area contributed by atoms with Gasteiger partial charge in [0.2, 0.25) is 11.2 Å². The predicted molar refractivity (Wildman–Crippen MR) is 113 cm³/mol. The van der Waals surface area contributed by atoms with Crippen LogP contribution in [0.2, 0.25) is 0 Å². The molecule has 0 saturated carbocycles. The van der Waals surface area contributed by atoms with Crippen molar-refractivity contribution in [2.75, 3.05) is 33.8 Å². The smallest absolute Gasteiger partial charge is 0.319 e. The van der Waals surface area contributed by atoms with Gasteiger partial charge in [-0.25, -0.2) is 4.79 Å². The zero-order valence-electron chi connectivity index (χ0n) is 17.7. The molecule has 7 nitrogen and oxygen atoms in total. The Morgan fingerprint density at radius 2 is 1.83 bits per heavy atom. The van der Waals surface area contributed by atoms with Crippen molar-refractivity contribution in [3.63, 3.8) is 0 Å². The summed E-state index contributed by atoms with van der Waals surface area (Å²) in [6.45, 7) is 4.24. The van der Waals surface area contributed by atoms with E-state index in [0.29, 0.717) is 24.8 Å². The number of benzene rings is 1. The topological polar surface area (TPSA) is 66.2 Å². The third-order valence-corrected chi connectivity index (χ3v) is 5.88. The second-order valence-corrected chi connectivity index (χ2v) is 8.41. The van der Waals surface area contributed by atoms with Crippen LogP contribution in [-0.4, -0.2) is 54.5 Å². The lowest BCUT2D eigenvalue weighted by atomic mass is 9.98. The maximum absolute atomic E-state index is 12.5. The molecule has 1 saturated heterocycles. The Kier molecular flexibility index (Phi) is 6.08. The van der Waals surface area contributed by atoms with E-state index in [2.05, 4.69) is 29.2 Å². The van der Waals surface area contributed by atoms with Crippen molar-refractivity contribution < 1.29 is 13.9 Å². The SMILES string of the molecule is CN(C)C(=O)N1CCC(COc2coc(CN3Cc4ccccc4C3)cc2=O)CC1. The Bertz CT molecular complexity index is 922. The first-order chi connectivity index (χ1) is 14.5. The zero-order valence-corrected chi connectivity index (χ0v) is 17.7. The van der Waals surface area contributed by atoms with Crippen molar-refractivity contribution in [1.82, 2.24) is 14.7 Å². The van der Waals surface area contributed by atoms with Gasteiger partial charge in [0.25, 0.3) is 0 Å². The molecule has 3 heterocycles. The van der Waals surface area contributed by atoms with Crippen LogP contribution in [0.1, 0.15) is 29.7 Å². The summed E-state index contributed by atoms with van der Waals surface area (Å²) in [5, 5.41) is 0. The summed E-state index contributed by atoms with van der Waals surface area (Å²) in [6, 6.07) is 9.98. The van der Waals surface area contributed by atoms with Gasteiger partial charge >= 0.3 is 6.03 Å². The van der Waals surface area contributed by atoms with Crippen molar-refractivity contribution in [3.05, 3.63) is 63.7 Å². The first kappa shape index (κ1) is 20.5. The van der Waals surface area contributed by atoms with Gasteiger partial charge in [-0.1, -0.05) is 24.3 Å². The predicted octanol–water partition coefficient (Wildman–Crippen LogP) is 2.93. The average molecular weight is 412 g/mol. The minimum Gasteiger partial charge on any atom is -0.486 e. The summed E-state index contributed by atoms with van der Waals surface area (Å²) in [4.78, 5) is 30.2. The molecule has 2 aliphatic heterocycles. The Balaban J connectivity index is 1.26. The number of carbonyl (C=O) groups excluding carboxylic acids is 1. The zero-order chi connectivity index (χ0) is 21.1. The van der Waals surface area contributed by atoms with Gasteiger partial charge in [-0.15, -0.1) is 0 Å². The molecule has 0 radical (unpaired) electrons. The van der Waals surface area contributed by atoms with E-state index in [-0.39, 0.29) is 17.2 Å². The van der Waals surface area contributed by atoms with Crippen LogP contribution < -0.4 is 10.2 Å². The maximum atomic E-state index is 12.5. The Labute approximate surface area is 176 Å². The second-order valence-electron chi connectivity index (χ2n) is 8.41. The van der Waals surface area contributed by atoms with Gasteiger partial charge in [0.15, 0.2) is 0 Å². The molecule has 1 fully saturated rings. The van der Waals surface area contributed by atoms with Crippen molar-refractivity contribution in [3.8, 4) is 5.75 Å². The van der Waals surface area contributed by atoms with Gasteiger partial charge in [-0.2, -0.15) is 0 Å². The molecule has 2 aromatic rings. The number of fused-ring (bicyclic) bond motifs is 1. The molecule has 2 amide bonds. The Morgan fingerprint density at radius 3 is 2.43 bits per heavy atom. The molecule has 0 bridgehead atoms. The van der Waals surface area contributed by atoms with Gasteiger partial charge in [-0.3, -0.25) is 9.69 Å². The highest BCUT2D eigenvalue weighted by atomic mass is 16.5. The van der Waals surface area contributed by atoms with Crippen LogP contribution in [-0.2, 0) is 19.6 Å². The largest absolute Gasteiger partial charge is 0.486 e. The van der Waals surface area contributed by atoms with Crippen LogP contribution >= 0.6 is 0 Å². The number of rotatable bonds is 5. The highest BCUT2D eigenvalue weighted by Crippen LogP contribution is 2.24. The lowest BCUT2D eigenvalue weighted by molar-refractivity contribution is 0.128. The quantitative estimate of drug-likeness (QED) is 0.757. The molecule has 7 heteroatoms. The van der Waals surface area contributed by atoms with E-state index in [4.69, 9.17) is 9.15 Å². The van der Waals surface area contributed by atoms with E-state index in [1.807, 2.05) is 4.90 Å².